The molecule has 0 saturated heterocycles. The molecule has 1 unspecified atom stereocenters. The zero-order valence-electron chi connectivity index (χ0n) is 54.9. The first-order valence-electron chi connectivity index (χ1n) is 32.5. The summed E-state index contributed by atoms with van der Waals surface area (Å²) in [7, 11) is 2.01. The third-order valence-corrected chi connectivity index (χ3v) is 19.0. The molecule has 3 heteroatoms. The number of nitrogens with two attached hydrogens (primary N) is 1. The van der Waals surface area contributed by atoms with Crippen molar-refractivity contribution in [1.29, 1.82) is 0 Å². The van der Waals surface area contributed by atoms with Crippen LogP contribution >= 0.6 is 6.89 Å². The van der Waals surface area contributed by atoms with Gasteiger partial charge in [0.15, 0.2) is 0 Å². The van der Waals surface area contributed by atoms with E-state index in [0.29, 0.717) is 5.92 Å². The average Bonchev–Trinajstić information content (AvgIpc) is 3.97. The lowest BCUT2D eigenvalue weighted by molar-refractivity contribution is 0.546. The molecule has 0 amide bonds. The first-order valence-corrected chi connectivity index (χ1v) is 34.9. The summed E-state index contributed by atoms with van der Waals surface area (Å²) in [6.07, 6.45) is 53.6. The van der Waals surface area contributed by atoms with Crippen LogP contribution in [0.25, 0.3) is 0 Å². The minimum atomic E-state index is -1.63. The van der Waals surface area contributed by atoms with Gasteiger partial charge in [0, 0.05) is 0 Å². The van der Waals surface area contributed by atoms with Crippen molar-refractivity contribution >= 4 is 13.2 Å². The zero-order valence-corrected chi connectivity index (χ0v) is 55.8. The van der Waals surface area contributed by atoms with Gasteiger partial charge in [-0.3, -0.25) is 0 Å². The fraction of sp³-hybridized carbons (Fsp3) is 0.420. The lowest BCUT2D eigenvalue weighted by atomic mass is 9.84. The second-order valence-corrected chi connectivity index (χ2v) is 25.8. The van der Waals surface area contributed by atoms with Crippen LogP contribution in [-0.4, -0.2) is 32.2 Å². The van der Waals surface area contributed by atoms with Crippen molar-refractivity contribution < 1.29 is 0 Å². The molecular formula is C81H119N2P. The largest absolute Gasteiger partial charge is 0.405 e. The Kier molecular flexibility index (Phi) is 45.7. The van der Waals surface area contributed by atoms with Crippen molar-refractivity contribution in [2.75, 3.05) is 25.9 Å². The third-order valence-electron chi connectivity index (χ3n) is 15.2. The minimum absolute atomic E-state index is 0.483. The molecule has 0 bridgehead atoms. The number of unbranched alkanes of at least 4 members (excludes halogenated alkanes) is 3. The van der Waals surface area contributed by atoms with Gasteiger partial charge in [-0.15, -0.1) is 6.58 Å². The van der Waals surface area contributed by atoms with Crippen LogP contribution in [0, 0.1) is 5.92 Å². The van der Waals surface area contributed by atoms with Gasteiger partial charge in [0.05, 0.1) is 0 Å². The Morgan fingerprint density at radius 3 is 1.75 bits per heavy atom. The summed E-state index contributed by atoms with van der Waals surface area (Å²) in [5.41, 5.74) is 20.8. The van der Waals surface area contributed by atoms with E-state index in [1.165, 1.54) is 120 Å². The Bertz CT molecular complexity index is 2560. The van der Waals surface area contributed by atoms with Crippen molar-refractivity contribution in [3.63, 3.8) is 0 Å². The predicted octanol–water partition coefficient (Wildman–Crippen LogP) is 23.5. The third kappa shape index (κ3) is 35.4. The highest BCUT2D eigenvalue weighted by atomic mass is 31.2. The summed E-state index contributed by atoms with van der Waals surface area (Å²) in [6.45, 7) is 32.3. The highest BCUT2D eigenvalue weighted by Gasteiger charge is 2.26. The van der Waals surface area contributed by atoms with E-state index in [2.05, 4.69) is 210 Å². The normalized spacial score (nSPS) is 13.4. The van der Waals surface area contributed by atoms with Gasteiger partial charge in [-0.05, 0) is 213 Å². The molecule has 3 N–H and O–H groups in total. The van der Waals surface area contributed by atoms with E-state index in [-0.39, 0.29) is 0 Å². The Morgan fingerprint density at radius 1 is 0.690 bits per heavy atom. The average molecular weight is 1150 g/mol. The van der Waals surface area contributed by atoms with Crippen LogP contribution in [0.4, 0.5) is 0 Å². The lowest BCUT2D eigenvalue weighted by Crippen LogP contribution is -2.11. The van der Waals surface area contributed by atoms with Crippen LogP contribution in [0.15, 0.2) is 253 Å². The lowest BCUT2D eigenvalue weighted by Gasteiger charge is -2.34. The molecule has 2 aliphatic rings. The fourth-order valence-corrected chi connectivity index (χ4v) is 13.8. The first-order chi connectivity index (χ1) is 41.0. The van der Waals surface area contributed by atoms with E-state index >= 15 is 0 Å². The van der Waals surface area contributed by atoms with Crippen LogP contribution in [-0.2, 0) is 25.7 Å². The van der Waals surface area contributed by atoms with Crippen molar-refractivity contribution in [1.82, 2.24) is 5.32 Å². The highest BCUT2D eigenvalue weighted by Crippen LogP contribution is 2.59. The maximum Gasteiger partial charge on any atom is -0.00519 e. The van der Waals surface area contributed by atoms with Gasteiger partial charge in [0.2, 0.25) is 0 Å². The standard InChI is InChI=1S/C45H55P.C14H19N.C11H16.C7H17N.2C2H6/c1-6-17-38(18-7-2)25-28-43(37(3)4)35-42-27-30-45(44(36-42)29-26-39-19-11-8-12-20-39)46(5,33-31-40-21-13-9-14-22-40)34-32-41-23-15-10-16-24-41;1-12(10-13(2)11-15)8-9-14-6-4-3-5-7-14;1-2-3-8-11-9-6-4-5-7-10-11;1-3-4-5-6-7-8-2;2*1-2/h6-24,36,43H,1,3,5,25-35H2,2,4H3;3-7,11H,1,8-10,15H2,2H3;2,6,9-10H,1,3-5,7-8H2;8H,3-7H2,1-2H3;2*1-2H3/b18-7-,38-17+;13-11-;;;;. The van der Waals surface area contributed by atoms with Crippen LogP contribution in [0.2, 0.25) is 0 Å². The summed E-state index contributed by atoms with van der Waals surface area (Å²) in [5.74, 6) is 0.483. The van der Waals surface area contributed by atoms with Gasteiger partial charge >= 0.3 is 0 Å². The second-order valence-electron chi connectivity index (χ2n) is 22.1. The van der Waals surface area contributed by atoms with E-state index in [0.717, 1.165) is 83.5 Å². The maximum absolute atomic E-state index is 5.42. The molecule has 2 aliphatic carbocycles. The van der Waals surface area contributed by atoms with E-state index in [9.17, 15) is 0 Å². The Labute approximate surface area is 518 Å². The van der Waals surface area contributed by atoms with E-state index < -0.39 is 6.89 Å². The van der Waals surface area contributed by atoms with Crippen molar-refractivity contribution in [3.8, 4) is 0 Å². The highest BCUT2D eigenvalue weighted by molar-refractivity contribution is 7.77. The predicted molar refractivity (Wildman–Crippen MR) is 386 cm³/mol. The first kappa shape index (κ1) is 76.1. The summed E-state index contributed by atoms with van der Waals surface area (Å²) in [6, 6.07) is 43.6. The van der Waals surface area contributed by atoms with E-state index in [1.54, 1.807) is 22.7 Å². The van der Waals surface area contributed by atoms with Gasteiger partial charge in [-0.25, -0.2) is 0 Å². The van der Waals surface area contributed by atoms with Crippen molar-refractivity contribution in [2.24, 2.45) is 11.7 Å². The number of allylic oxidation sites excluding steroid dienone is 17. The van der Waals surface area contributed by atoms with Crippen LogP contribution in [0.3, 0.4) is 0 Å². The molecule has 0 fully saturated rings. The number of hydrogen-bond donors (Lipinski definition) is 2. The van der Waals surface area contributed by atoms with Crippen LogP contribution in [0.1, 0.15) is 187 Å². The van der Waals surface area contributed by atoms with Gasteiger partial charge < -0.3 is 11.1 Å². The van der Waals surface area contributed by atoms with Crippen molar-refractivity contribution in [2.45, 2.75) is 190 Å². The molecule has 0 radical (unpaired) electrons. The molecule has 84 heavy (non-hydrogen) atoms. The molecule has 2 nitrogen and oxygen atoms in total. The molecule has 0 heterocycles. The summed E-state index contributed by atoms with van der Waals surface area (Å²) < 4.78 is 0. The molecular weight excluding hydrogens is 1030 g/mol. The Hall–Kier alpha value is -5.92. The number of benzene rings is 4. The summed E-state index contributed by atoms with van der Waals surface area (Å²) in [4.78, 5) is 0. The molecule has 6 rings (SSSR count). The SMILES string of the molecule is C=C(CCc1ccccc1)C/C(C)=C\N.C=C/C=C(\C=C/C)CCC(CC1=CC(CCc2ccccc2)=C(P(=C)(CCc2ccccc2)CCc2ccccc2)CC1)C(=C)C.C=CCCC1=CCCCC=C1.CC.CC.CCCCCCNC. The molecule has 4 aromatic carbocycles. The Morgan fingerprint density at radius 2 is 1.25 bits per heavy atom. The molecule has 4 aromatic rings. The minimum Gasteiger partial charge on any atom is -0.405 e. The van der Waals surface area contributed by atoms with Gasteiger partial charge in [-0.1, -0.05) is 291 Å². The smallest absolute Gasteiger partial charge is 0.00519 e. The summed E-state index contributed by atoms with van der Waals surface area (Å²) in [5, 5.41) is 4.83. The molecule has 0 spiro atoms. The van der Waals surface area contributed by atoms with Crippen LogP contribution in [0.5, 0.6) is 0 Å². The number of nitrogens with one attached hydrogen (secondary N) is 1. The number of hydrogen-bond acceptors (Lipinski definition) is 2. The van der Waals surface area contributed by atoms with Gasteiger partial charge in [-0.2, -0.15) is 0 Å². The molecule has 0 saturated carbocycles. The molecule has 0 aromatic heterocycles. The quantitative estimate of drug-likeness (QED) is 0.0228. The van der Waals surface area contributed by atoms with Gasteiger partial charge in [0.1, 0.15) is 0 Å². The van der Waals surface area contributed by atoms with E-state index in [4.69, 9.17) is 12.0 Å². The fourth-order valence-electron chi connectivity index (χ4n) is 10.3. The monoisotopic (exact) mass is 1150 g/mol. The maximum atomic E-state index is 5.42. The second kappa shape index (κ2) is 50.4. The molecule has 0 aliphatic heterocycles. The van der Waals surface area contributed by atoms with Crippen LogP contribution < -0.4 is 11.1 Å². The topological polar surface area (TPSA) is 38.0 Å². The summed E-state index contributed by atoms with van der Waals surface area (Å²) >= 11 is 0. The zero-order chi connectivity index (χ0) is 61.9. The Balaban J connectivity index is 0.000000745. The van der Waals surface area contributed by atoms with Gasteiger partial charge in [0.25, 0.3) is 0 Å². The molecule has 458 valence electrons. The van der Waals surface area contributed by atoms with Crippen molar-refractivity contribution in [3.05, 3.63) is 275 Å². The number of aryl methyl sites for hydroxylation is 4. The van der Waals surface area contributed by atoms with E-state index in [1.807, 2.05) is 59.9 Å². The molecule has 1 atom stereocenters. The number of rotatable bonds is 31.